The van der Waals surface area contributed by atoms with Crippen molar-refractivity contribution in [3.05, 3.63) is 60.4 Å². The average molecular weight is 257 g/mol. The van der Waals surface area contributed by atoms with Gasteiger partial charge in [0.2, 0.25) is 0 Å². The van der Waals surface area contributed by atoms with Crippen LogP contribution in [0.1, 0.15) is 0 Å². The van der Waals surface area contributed by atoms with Gasteiger partial charge in [0.05, 0.1) is 5.52 Å². The third kappa shape index (κ3) is 2.35. The van der Waals surface area contributed by atoms with Gasteiger partial charge in [-0.2, -0.15) is 0 Å². The lowest BCUT2D eigenvalue weighted by Crippen LogP contribution is -1.96. The third-order valence-corrected chi connectivity index (χ3v) is 2.68. The van der Waals surface area contributed by atoms with E-state index < -0.39 is 0 Å². The summed E-state index contributed by atoms with van der Waals surface area (Å²) in [7, 11) is 0. The molecular weight excluding hydrogens is 248 g/mol. The van der Waals surface area contributed by atoms with Crippen molar-refractivity contribution < 1.29 is 8.78 Å². The quantitative estimate of drug-likeness (QED) is 0.761. The average Bonchev–Trinajstić information content (AvgIpc) is 2.39. The van der Waals surface area contributed by atoms with Gasteiger partial charge in [-0.15, -0.1) is 0 Å². The van der Waals surface area contributed by atoms with Gasteiger partial charge >= 0.3 is 0 Å². The van der Waals surface area contributed by atoms with Crippen LogP contribution in [0.2, 0.25) is 0 Å². The first-order chi connectivity index (χ1) is 9.22. The molecule has 0 amide bonds. The van der Waals surface area contributed by atoms with Crippen molar-refractivity contribution in [2.75, 3.05) is 5.32 Å². The van der Waals surface area contributed by atoms with Gasteiger partial charge in [0.1, 0.15) is 23.8 Å². The Morgan fingerprint density at radius 3 is 2.58 bits per heavy atom. The smallest absolute Gasteiger partial charge is 0.141 e. The minimum absolute atomic E-state index is 0.352. The molecule has 0 saturated carbocycles. The number of aromatic nitrogens is 2. The van der Waals surface area contributed by atoms with Gasteiger partial charge in [-0.25, -0.2) is 18.7 Å². The molecule has 0 atom stereocenters. The normalized spacial score (nSPS) is 10.6. The molecule has 5 heteroatoms. The Kier molecular flexibility index (Phi) is 2.79. The molecule has 0 bridgehead atoms. The second-order valence-electron chi connectivity index (χ2n) is 4.02. The number of hydrogen-bond donors (Lipinski definition) is 1. The molecule has 19 heavy (non-hydrogen) atoms. The van der Waals surface area contributed by atoms with Gasteiger partial charge in [-0.3, -0.25) is 0 Å². The van der Waals surface area contributed by atoms with E-state index in [9.17, 15) is 8.78 Å². The van der Waals surface area contributed by atoms with Crippen molar-refractivity contribution in [1.29, 1.82) is 0 Å². The standard InChI is InChI=1S/C14H9F2N3/c15-9-2-1-3-11(6-9)19-14-12-7-10(16)4-5-13(12)17-8-18-14/h1-8H,(H,17,18,19). The SMILES string of the molecule is Fc1cccc(Nc2ncnc3ccc(F)cc23)c1. The summed E-state index contributed by atoms with van der Waals surface area (Å²) < 4.78 is 26.4. The van der Waals surface area contributed by atoms with Gasteiger partial charge in [0.25, 0.3) is 0 Å². The summed E-state index contributed by atoms with van der Waals surface area (Å²) >= 11 is 0. The van der Waals surface area contributed by atoms with Crippen molar-refractivity contribution in [3.8, 4) is 0 Å². The molecule has 1 N–H and O–H groups in total. The van der Waals surface area contributed by atoms with E-state index in [2.05, 4.69) is 15.3 Å². The van der Waals surface area contributed by atoms with E-state index in [0.717, 1.165) is 0 Å². The van der Waals surface area contributed by atoms with Crippen molar-refractivity contribution in [2.45, 2.75) is 0 Å². The van der Waals surface area contributed by atoms with Crippen LogP contribution < -0.4 is 5.32 Å². The zero-order valence-electron chi connectivity index (χ0n) is 9.77. The molecule has 0 unspecified atom stereocenters. The van der Waals surface area contributed by atoms with Crippen LogP contribution in [-0.2, 0) is 0 Å². The Hall–Kier alpha value is -2.56. The Morgan fingerprint density at radius 1 is 0.895 bits per heavy atom. The molecule has 0 spiro atoms. The Morgan fingerprint density at radius 2 is 1.74 bits per heavy atom. The largest absolute Gasteiger partial charge is 0.340 e. The summed E-state index contributed by atoms with van der Waals surface area (Å²) in [5.41, 5.74) is 1.17. The number of benzene rings is 2. The number of halogens is 2. The molecule has 3 aromatic rings. The Bertz CT molecular complexity index is 744. The molecule has 94 valence electrons. The number of nitrogens with one attached hydrogen (secondary N) is 1. The molecule has 2 aromatic carbocycles. The second kappa shape index (κ2) is 4.61. The molecule has 0 radical (unpaired) electrons. The number of rotatable bonds is 2. The maximum absolute atomic E-state index is 13.3. The first kappa shape index (κ1) is 11.5. The zero-order valence-corrected chi connectivity index (χ0v) is 9.77. The topological polar surface area (TPSA) is 37.8 Å². The monoisotopic (exact) mass is 257 g/mol. The predicted octanol–water partition coefficient (Wildman–Crippen LogP) is 3.65. The van der Waals surface area contributed by atoms with E-state index in [1.54, 1.807) is 18.2 Å². The van der Waals surface area contributed by atoms with E-state index in [4.69, 9.17) is 0 Å². The van der Waals surface area contributed by atoms with Crippen LogP contribution in [0, 0.1) is 11.6 Å². The number of nitrogens with zero attached hydrogens (tertiary/aromatic N) is 2. The van der Waals surface area contributed by atoms with Crippen LogP contribution >= 0.6 is 0 Å². The fourth-order valence-electron chi connectivity index (χ4n) is 1.83. The Labute approximate surface area is 107 Å². The lowest BCUT2D eigenvalue weighted by molar-refractivity contribution is 0.628. The highest BCUT2D eigenvalue weighted by atomic mass is 19.1. The van der Waals surface area contributed by atoms with Crippen LogP contribution in [0.4, 0.5) is 20.3 Å². The van der Waals surface area contributed by atoms with E-state index in [1.807, 2.05) is 0 Å². The summed E-state index contributed by atoms with van der Waals surface area (Å²) in [4.78, 5) is 8.11. The number of anilines is 2. The van der Waals surface area contributed by atoms with Crippen LogP contribution in [0.3, 0.4) is 0 Å². The molecule has 0 aliphatic heterocycles. The molecule has 0 saturated heterocycles. The second-order valence-corrected chi connectivity index (χ2v) is 4.02. The van der Waals surface area contributed by atoms with E-state index >= 15 is 0 Å². The summed E-state index contributed by atoms with van der Waals surface area (Å²) in [6, 6.07) is 10.2. The molecule has 0 fully saturated rings. The van der Waals surface area contributed by atoms with Crippen LogP contribution in [0.15, 0.2) is 48.8 Å². The van der Waals surface area contributed by atoms with Crippen LogP contribution in [-0.4, -0.2) is 9.97 Å². The van der Waals surface area contributed by atoms with Crippen LogP contribution in [0.5, 0.6) is 0 Å². The molecule has 0 aliphatic carbocycles. The minimum atomic E-state index is -0.371. The first-order valence-corrected chi connectivity index (χ1v) is 5.65. The third-order valence-electron chi connectivity index (χ3n) is 2.68. The van der Waals surface area contributed by atoms with Gasteiger partial charge in [0.15, 0.2) is 0 Å². The highest BCUT2D eigenvalue weighted by Gasteiger charge is 2.05. The maximum Gasteiger partial charge on any atom is 0.141 e. The van der Waals surface area contributed by atoms with E-state index in [-0.39, 0.29) is 11.6 Å². The van der Waals surface area contributed by atoms with Gasteiger partial charge < -0.3 is 5.32 Å². The van der Waals surface area contributed by atoms with E-state index in [1.165, 1.54) is 30.6 Å². The summed E-state index contributed by atoms with van der Waals surface area (Å²) in [5, 5.41) is 3.51. The van der Waals surface area contributed by atoms with Crippen LogP contribution in [0.25, 0.3) is 10.9 Å². The summed E-state index contributed by atoms with van der Waals surface area (Å²) in [6.45, 7) is 0. The molecule has 3 nitrogen and oxygen atoms in total. The highest BCUT2D eigenvalue weighted by Crippen LogP contribution is 2.23. The van der Waals surface area contributed by atoms with Crippen molar-refractivity contribution in [1.82, 2.24) is 9.97 Å². The predicted molar refractivity (Wildman–Crippen MR) is 69.2 cm³/mol. The van der Waals surface area contributed by atoms with Crippen molar-refractivity contribution >= 4 is 22.4 Å². The molecule has 0 aliphatic rings. The molecule has 1 heterocycles. The number of hydrogen-bond acceptors (Lipinski definition) is 3. The van der Waals surface area contributed by atoms with Crippen molar-refractivity contribution in [2.24, 2.45) is 0 Å². The van der Waals surface area contributed by atoms with Gasteiger partial charge in [-0.1, -0.05) is 6.07 Å². The number of fused-ring (bicyclic) bond motifs is 1. The molecular formula is C14H9F2N3. The molecule has 3 rings (SSSR count). The van der Waals surface area contributed by atoms with Gasteiger partial charge in [0, 0.05) is 11.1 Å². The summed E-state index contributed by atoms with van der Waals surface area (Å²) in [5.74, 6) is -0.283. The van der Waals surface area contributed by atoms with Crippen molar-refractivity contribution in [3.63, 3.8) is 0 Å². The van der Waals surface area contributed by atoms with E-state index in [0.29, 0.717) is 22.4 Å². The lowest BCUT2D eigenvalue weighted by Gasteiger charge is -2.08. The highest BCUT2D eigenvalue weighted by molar-refractivity contribution is 5.90. The fourth-order valence-corrected chi connectivity index (χ4v) is 1.83. The minimum Gasteiger partial charge on any atom is -0.340 e. The Balaban J connectivity index is 2.07. The zero-order chi connectivity index (χ0) is 13.2. The van der Waals surface area contributed by atoms with Gasteiger partial charge in [-0.05, 0) is 36.4 Å². The fraction of sp³-hybridized carbons (Fsp3) is 0. The first-order valence-electron chi connectivity index (χ1n) is 5.65. The molecule has 1 aromatic heterocycles. The lowest BCUT2D eigenvalue weighted by atomic mass is 10.2. The maximum atomic E-state index is 13.3. The summed E-state index contributed by atoms with van der Waals surface area (Å²) in [6.07, 6.45) is 1.38.